The fourth-order valence-corrected chi connectivity index (χ4v) is 3.87. The van der Waals surface area contributed by atoms with Gasteiger partial charge in [0, 0.05) is 18.8 Å². The van der Waals surface area contributed by atoms with E-state index in [1.807, 2.05) is 0 Å². The van der Waals surface area contributed by atoms with Gasteiger partial charge in [-0.25, -0.2) is 8.42 Å². The fraction of sp³-hybridized carbons (Fsp3) is 0.333. The highest BCUT2D eigenvalue weighted by Crippen LogP contribution is 2.30. The number of hydrogen-bond acceptors (Lipinski definition) is 7. The highest BCUT2D eigenvalue weighted by molar-refractivity contribution is 7.89. The minimum absolute atomic E-state index is 0.0243. The molecular formula is C21H26N2O7S. The van der Waals surface area contributed by atoms with E-state index >= 15 is 0 Å². The van der Waals surface area contributed by atoms with Crippen LogP contribution in [0, 0.1) is 0 Å². The van der Waals surface area contributed by atoms with E-state index in [1.165, 1.54) is 39.5 Å². The molecule has 168 valence electrons. The zero-order chi connectivity index (χ0) is 23.0. The molecule has 0 aliphatic rings. The number of nitrogens with one attached hydrogen (secondary N) is 1. The van der Waals surface area contributed by atoms with Gasteiger partial charge >= 0.3 is 5.97 Å². The number of amides is 1. The van der Waals surface area contributed by atoms with Gasteiger partial charge in [0.05, 0.1) is 38.7 Å². The Labute approximate surface area is 182 Å². The number of ether oxygens (including phenoxy) is 3. The van der Waals surface area contributed by atoms with Gasteiger partial charge in [0.15, 0.2) is 11.5 Å². The maximum Gasteiger partial charge on any atom is 0.310 e. The van der Waals surface area contributed by atoms with Gasteiger partial charge < -0.3 is 19.5 Å². The number of methoxy groups -OCH3 is 2. The molecule has 0 fully saturated rings. The molecule has 1 N–H and O–H groups in total. The summed E-state index contributed by atoms with van der Waals surface area (Å²) in [4.78, 5) is 23.8. The maximum atomic E-state index is 12.8. The summed E-state index contributed by atoms with van der Waals surface area (Å²) in [6, 6.07) is 10.9. The number of likely N-dealkylation sites (N-methyl/N-ethyl adjacent to an activating group) is 1. The highest BCUT2D eigenvalue weighted by atomic mass is 32.2. The third-order valence-electron chi connectivity index (χ3n) is 4.32. The number of nitrogens with zero attached hydrogens (tertiary/aromatic N) is 1. The molecule has 0 spiro atoms. The Hall–Kier alpha value is -3.11. The molecule has 31 heavy (non-hydrogen) atoms. The van der Waals surface area contributed by atoms with Crippen molar-refractivity contribution in [3.8, 4) is 11.5 Å². The summed E-state index contributed by atoms with van der Waals surface area (Å²) >= 11 is 0. The van der Waals surface area contributed by atoms with Crippen LogP contribution < -0.4 is 14.8 Å². The predicted molar refractivity (Wildman–Crippen MR) is 115 cm³/mol. The van der Waals surface area contributed by atoms with Crippen molar-refractivity contribution in [2.75, 3.05) is 39.7 Å². The Morgan fingerprint density at radius 1 is 1.00 bits per heavy atom. The van der Waals surface area contributed by atoms with E-state index < -0.39 is 15.9 Å². The van der Waals surface area contributed by atoms with Gasteiger partial charge in [-0.15, -0.1) is 0 Å². The lowest BCUT2D eigenvalue weighted by Crippen LogP contribution is -2.35. The second-order valence-corrected chi connectivity index (χ2v) is 8.55. The van der Waals surface area contributed by atoms with Crippen LogP contribution in [0.5, 0.6) is 11.5 Å². The molecule has 0 aliphatic carbocycles. The molecule has 2 rings (SSSR count). The molecule has 0 unspecified atom stereocenters. The van der Waals surface area contributed by atoms with Crippen molar-refractivity contribution in [2.24, 2.45) is 0 Å². The van der Waals surface area contributed by atoms with Crippen molar-refractivity contribution in [2.45, 2.75) is 18.2 Å². The SMILES string of the molecule is CCOC(=O)Cc1ccc(NC(=O)CN(C)S(=O)(=O)c2ccc(OC)c(OC)c2)cc1. The van der Waals surface area contributed by atoms with Crippen LogP contribution in [0.1, 0.15) is 12.5 Å². The number of carbonyl (C=O) groups is 2. The van der Waals surface area contributed by atoms with Crippen LogP contribution >= 0.6 is 0 Å². The number of sulfonamides is 1. The van der Waals surface area contributed by atoms with E-state index in [0.717, 1.165) is 9.87 Å². The molecule has 0 aromatic heterocycles. The zero-order valence-corrected chi connectivity index (χ0v) is 18.7. The second-order valence-electron chi connectivity index (χ2n) is 6.50. The van der Waals surface area contributed by atoms with Gasteiger partial charge in [0.2, 0.25) is 15.9 Å². The van der Waals surface area contributed by atoms with Crippen LogP contribution in [0.15, 0.2) is 47.4 Å². The molecule has 2 aromatic carbocycles. The van der Waals surface area contributed by atoms with Crippen LogP contribution in [-0.4, -0.2) is 59.0 Å². The molecule has 10 heteroatoms. The molecule has 0 bridgehead atoms. The number of esters is 1. The number of benzene rings is 2. The summed E-state index contributed by atoms with van der Waals surface area (Å²) in [5.74, 6) is -0.177. The van der Waals surface area contributed by atoms with E-state index in [4.69, 9.17) is 14.2 Å². The van der Waals surface area contributed by atoms with Crippen LogP contribution in [0.25, 0.3) is 0 Å². The normalized spacial score (nSPS) is 11.1. The first kappa shape index (κ1) is 24.2. The van der Waals surface area contributed by atoms with E-state index in [2.05, 4.69) is 5.32 Å². The lowest BCUT2D eigenvalue weighted by atomic mass is 10.1. The quantitative estimate of drug-likeness (QED) is 0.552. The summed E-state index contributed by atoms with van der Waals surface area (Å²) in [5.41, 5.74) is 1.22. The molecule has 0 atom stereocenters. The van der Waals surface area contributed by atoms with Gasteiger partial charge in [0.1, 0.15) is 0 Å². The third-order valence-corrected chi connectivity index (χ3v) is 6.12. The van der Waals surface area contributed by atoms with E-state index in [9.17, 15) is 18.0 Å². The van der Waals surface area contributed by atoms with Gasteiger partial charge in [-0.05, 0) is 36.8 Å². The molecule has 0 saturated heterocycles. The molecule has 2 aromatic rings. The van der Waals surface area contributed by atoms with Crippen molar-refractivity contribution in [1.82, 2.24) is 4.31 Å². The molecular weight excluding hydrogens is 424 g/mol. The Morgan fingerprint density at radius 2 is 1.65 bits per heavy atom. The summed E-state index contributed by atoms with van der Waals surface area (Å²) < 4.78 is 41.7. The first-order valence-corrected chi connectivity index (χ1v) is 10.9. The number of anilines is 1. The van der Waals surface area contributed by atoms with Crippen LogP contribution in [0.2, 0.25) is 0 Å². The number of hydrogen-bond donors (Lipinski definition) is 1. The summed E-state index contributed by atoms with van der Waals surface area (Å²) in [6.45, 7) is 1.66. The molecule has 0 aliphatic heterocycles. The van der Waals surface area contributed by atoms with Crippen molar-refractivity contribution in [3.63, 3.8) is 0 Å². The standard InChI is InChI=1S/C21H26N2O7S/c1-5-30-21(25)12-15-6-8-16(9-7-15)22-20(24)14-23(2)31(26,27)17-10-11-18(28-3)19(13-17)29-4/h6-11,13H,5,12,14H2,1-4H3,(H,22,24). The van der Waals surface area contributed by atoms with Gasteiger partial charge in [-0.3, -0.25) is 9.59 Å². The minimum atomic E-state index is -3.92. The first-order chi connectivity index (χ1) is 14.7. The lowest BCUT2D eigenvalue weighted by molar-refractivity contribution is -0.142. The Bertz CT molecular complexity index is 1020. The topological polar surface area (TPSA) is 111 Å². The predicted octanol–water partition coefficient (Wildman–Crippen LogP) is 2.07. The molecule has 0 radical (unpaired) electrons. The van der Waals surface area contributed by atoms with Gasteiger partial charge in [0.25, 0.3) is 0 Å². The number of carbonyl (C=O) groups excluding carboxylic acids is 2. The highest BCUT2D eigenvalue weighted by Gasteiger charge is 2.24. The van der Waals surface area contributed by atoms with Crippen molar-refractivity contribution in [1.29, 1.82) is 0 Å². The van der Waals surface area contributed by atoms with Gasteiger partial charge in [-0.2, -0.15) is 4.31 Å². The summed E-state index contributed by atoms with van der Waals surface area (Å²) in [6.07, 6.45) is 0.133. The van der Waals surface area contributed by atoms with Gasteiger partial charge in [-0.1, -0.05) is 12.1 Å². The van der Waals surface area contributed by atoms with E-state index in [-0.39, 0.29) is 29.6 Å². The smallest absolute Gasteiger partial charge is 0.310 e. The summed E-state index contributed by atoms with van der Waals surface area (Å²) in [5, 5.41) is 2.64. The fourth-order valence-electron chi connectivity index (χ4n) is 2.73. The van der Waals surface area contributed by atoms with Crippen molar-refractivity contribution < 1.29 is 32.2 Å². The minimum Gasteiger partial charge on any atom is -0.493 e. The third kappa shape index (κ3) is 6.43. The van der Waals surface area contributed by atoms with Crippen LogP contribution in [0.3, 0.4) is 0 Å². The maximum absolute atomic E-state index is 12.8. The average Bonchev–Trinajstić information content (AvgIpc) is 2.74. The number of rotatable bonds is 10. The Morgan fingerprint density at radius 3 is 2.23 bits per heavy atom. The molecule has 0 saturated carbocycles. The van der Waals surface area contributed by atoms with Crippen molar-refractivity contribution in [3.05, 3.63) is 48.0 Å². The van der Waals surface area contributed by atoms with Crippen LogP contribution in [0.4, 0.5) is 5.69 Å². The first-order valence-electron chi connectivity index (χ1n) is 9.44. The molecule has 0 heterocycles. The summed E-state index contributed by atoms with van der Waals surface area (Å²) in [7, 11) is 0.246. The van der Waals surface area contributed by atoms with E-state index in [0.29, 0.717) is 18.0 Å². The zero-order valence-electron chi connectivity index (χ0n) is 17.9. The average molecular weight is 451 g/mol. The second kappa shape index (κ2) is 10.8. The largest absolute Gasteiger partial charge is 0.493 e. The molecule has 9 nitrogen and oxygen atoms in total. The Kier molecular flexibility index (Phi) is 8.40. The lowest BCUT2D eigenvalue weighted by Gasteiger charge is -2.18. The van der Waals surface area contributed by atoms with Crippen LogP contribution in [-0.2, 0) is 30.8 Å². The molecule has 1 amide bonds. The van der Waals surface area contributed by atoms with E-state index in [1.54, 1.807) is 31.2 Å². The Balaban J connectivity index is 2.02. The van der Waals surface area contributed by atoms with Crippen molar-refractivity contribution >= 4 is 27.6 Å². The monoisotopic (exact) mass is 450 g/mol.